The molecule has 2 aromatic rings. The number of H-pyrrole nitrogens is 1. The lowest BCUT2D eigenvalue weighted by molar-refractivity contribution is -0.193. The first-order valence-electron chi connectivity index (χ1n) is 5.28. The van der Waals surface area contributed by atoms with Crippen LogP contribution in [0.3, 0.4) is 0 Å². The summed E-state index contributed by atoms with van der Waals surface area (Å²) in [5.74, 6) is -5.51. The van der Waals surface area contributed by atoms with Gasteiger partial charge >= 0.3 is 24.3 Å². The third-order valence-electron chi connectivity index (χ3n) is 1.77. The van der Waals surface area contributed by atoms with Crippen LogP contribution in [0.25, 0.3) is 10.1 Å². The van der Waals surface area contributed by atoms with Crippen molar-refractivity contribution in [2.75, 3.05) is 0 Å². The van der Waals surface area contributed by atoms with Gasteiger partial charge < -0.3 is 10.2 Å². The van der Waals surface area contributed by atoms with E-state index in [1.54, 1.807) is 12.3 Å². The molecule has 14 heteroatoms. The Labute approximate surface area is 131 Å². The minimum absolute atomic E-state index is 0.112. The highest BCUT2D eigenvalue weighted by Gasteiger charge is 2.38. The van der Waals surface area contributed by atoms with Crippen LogP contribution in [-0.4, -0.2) is 44.7 Å². The molecule has 0 saturated heterocycles. The molecule has 0 amide bonds. The van der Waals surface area contributed by atoms with E-state index in [0.29, 0.717) is 0 Å². The van der Waals surface area contributed by atoms with Crippen LogP contribution in [0.5, 0.6) is 0 Å². The second-order valence-electron chi connectivity index (χ2n) is 3.50. The molecule has 0 bridgehead atoms. The van der Waals surface area contributed by atoms with Crippen molar-refractivity contribution in [2.45, 2.75) is 12.4 Å². The van der Waals surface area contributed by atoms with Gasteiger partial charge in [0.2, 0.25) is 0 Å². The third-order valence-corrected chi connectivity index (χ3v) is 2.62. The number of carboxylic acid groups (broad SMARTS) is 2. The number of fused-ring (bicyclic) bond motifs is 1. The maximum atomic E-state index is 10.9. The summed E-state index contributed by atoms with van der Waals surface area (Å²) in [6.07, 6.45) is -8.51. The molecule has 0 atom stereocenters. The first-order valence-corrected chi connectivity index (χ1v) is 6.16. The zero-order chi connectivity index (χ0) is 19.1. The van der Waals surface area contributed by atoms with Gasteiger partial charge in [-0.25, -0.2) is 14.7 Å². The van der Waals surface area contributed by atoms with Crippen molar-refractivity contribution in [3.63, 3.8) is 0 Å². The smallest absolute Gasteiger partial charge is 0.475 e. The fourth-order valence-corrected chi connectivity index (χ4v) is 1.57. The molecule has 134 valence electrons. The number of aromatic amines is 1. The number of nitrogens with one attached hydrogen (secondary N) is 1. The first-order chi connectivity index (χ1) is 10.8. The van der Waals surface area contributed by atoms with E-state index in [0.717, 1.165) is 10.1 Å². The molecular formula is C10H6F6N2O5S. The lowest BCUT2D eigenvalue weighted by atomic mass is 10.4. The summed E-state index contributed by atoms with van der Waals surface area (Å²) in [6.45, 7) is 0. The molecule has 0 aromatic carbocycles. The Morgan fingerprint density at radius 3 is 1.79 bits per heavy atom. The van der Waals surface area contributed by atoms with Crippen molar-refractivity contribution in [3.8, 4) is 0 Å². The number of aromatic nitrogens is 2. The molecule has 0 aliphatic carbocycles. The molecule has 0 radical (unpaired) electrons. The lowest BCUT2D eigenvalue weighted by Crippen LogP contribution is -2.21. The zero-order valence-corrected chi connectivity index (χ0v) is 11.8. The second kappa shape index (κ2) is 8.28. The predicted octanol–water partition coefficient (Wildman–Crippen LogP) is 2.25. The quantitative estimate of drug-likeness (QED) is 0.603. The van der Waals surface area contributed by atoms with Crippen molar-refractivity contribution >= 4 is 33.4 Å². The van der Waals surface area contributed by atoms with E-state index < -0.39 is 24.3 Å². The minimum atomic E-state index is -5.08. The van der Waals surface area contributed by atoms with Crippen LogP contribution >= 0.6 is 11.3 Å². The number of carbonyl (C=O) groups is 2. The molecule has 2 rings (SSSR count). The normalized spacial score (nSPS) is 10.9. The van der Waals surface area contributed by atoms with Crippen molar-refractivity contribution in [1.82, 2.24) is 10.2 Å². The van der Waals surface area contributed by atoms with Crippen LogP contribution < -0.4 is 5.56 Å². The van der Waals surface area contributed by atoms with E-state index in [9.17, 15) is 31.1 Å². The number of alkyl halides is 6. The largest absolute Gasteiger partial charge is 0.490 e. The average molecular weight is 380 g/mol. The second-order valence-corrected chi connectivity index (χ2v) is 4.45. The maximum Gasteiger partial charge on any atom is 0.490 e. The van der Waals surface area contributed by atoms with E-state index in [-0.39, 0.29) is 5.56 Å². The molecule has 0 aliphatic heterocycles. The van der Waals surface area contributed by atoms with Crippen LogP contribution in [0.4, 0.5) is 26.3 Å². The van der Waals surface area contributed by atoms with Crippen LogP contribution in [0.1, 0.15) is 0 Å². The molecule has 7 nitrogen and oxygen atoms in total. The van der Waals surface area contributed by atoms with Gasteiger partial charge in [-0.2, -0.15) is 31.4 Å². The Morgan fingerprint density at radius 1 is 1.04 bits per heavy atom. The molecule has 0 spiro atoms. The Morgan fingerprint density at radius 2 is 1.46 bits per heavy atom. The number of rotatable bonds is 0. The molecule has 0 aliphatic rings. The third kappa shape index (κ3) is 7.57. The van der Waals surface area contributed by atoms with Gasteiger partial charge in [0.1, 0.15) is 0 Å². The first kappa shape index (κ1) is 21.4. The van der Waals surface area contributed by atoms with Gasteiger partial charge in [-0.1, -0.05) is 0 Å². The van der Waals surface area contributed by atoms with Crippen molar-refractivity contribution in [1.29, 1.82) is 0 Å². The van der Waals surface area contributed by atoms with Crippen LogP contribution in [0.2, 0.25) is 0 Å². The van der Waals surface area contributed by atoms with Crippen LogP contribution in [0.15, 0.2) is 22.4 Å². The van der Waals surface area contributed by atoms with Crippen molar-refractivity contribution < 1.29 is 46.1 Å². The molecule has 0 unspecified atom stereocenters. The molecule has 2 heterocycles. The van der Waals surface area contributed by atoms with E-state index in [4.69, 9.17) is 19.8 Å². The molecule has 0 saturated carbocycles. The minimum Gasteiger partial charge on any atom is -0.475 e. The Balaban J connectivity index is 0.000000343. The van der Waals surface area contributed by atoms with E-state index in [2.05, 4.69) is 10.2 Å². The van der Waals surface area contributed by atoms with Crippen molar-refractivity contribution in [3.05, 3.63) is 28.0 Å². The number of aliphatic carboxylic acids is 2. The summed E-state index contributed by atoms with van der Waals surface area (Å²) < 4.78 is 64.4. The Bertz CT molecular complexity index is 726. The van der Waals surface area contributed by atoms with E-state index in [1.807, 2.05) is 5.38 Å². The summed E-state index contributed by atoms with van der Waals surface area (Å²) in [5.41, 5.74) is -0.112. The van der Waals surface area contributed by atoms with Gasteiger partial charge in [0.25, 0.3) is 5.56 Å². The number of halogens is 6. The highest BCUT2D eigenvalue weighted by molar-refractivity contribution is 7.17. The van der Waals surface area contributed by atoms with Gasteiger partial charge in [-0.15, -0.1) is 11.3 Å². The molecule has 3 N–H and O–H groups in total. The highest BCUT2D eigenvalue weighted by atomic mass is 32.1. The summed E-state index contributed by atoms with van der Waals surface area (Å²) in [4.78, 5) is 28.7. The fourth-order valence-electron chi connectivity index (χ4n) is 0.818. The van der Waals surface area contributed by atoms with Gasteiger partial charge in [-0.3, -0.25) is 4.79 Å². The summed E-state index contributed by atoms with van der Waals surface area (Å²) in [7, 11) is 0. The van der Waals surface area contributed by atoms with E-state index in [1.165, 1.54) is 11.3 Å². The molecule has 2 aromatic heterocycles. The maximum absolute atomic E-state index is 10.9. The molecule has 24 heavy (non-hydrogen) atoms. The Kier molecular flexibility index (Phi) is 7.37. The SMILES string of the molecule is O=C(O)C(F)(F)F.O=C(O)C(F)(F)F.O=c1[nH]ncc2sccc12. The number of nitrogens with zero attached hydrogens (tertiary/aromatic N) is 1. The molecule has 0 fully saturated rings. The van der Waals surface area contributed by atoms with Gasteiger partial charge in [0, 0.05) is 0 Å². The molecular weight excluding hydrogens is 374 g/mol. The summed E-state index contributed by atoms with van der Waals surface area (Å²) in [5, 5.41) is 22.9. The summed E-state index contributed by atoms with van der Waals surface area (Å²) >= 11 is 1.52. The van der Waals surface area contributed by atoms with Crippen molar-refractivity contribution in [2.24, 2.45) is 0 Å². The monoisotopic (exact) mass is 380 g/mol. The number of hydrogen-bond donors (Lipinski definition) is 3. The van der Waals surface area contributed by atoms with Gasteiger partial charge in [0.15, 0.2) is 0 Å². The Hall–Kier alpha value is -2.64. The lowest BCUT2D eigenvalue weighted by Gasteiger charge is -1.93. The van der Waals surface area contributed by atoms with Gasteiger partial charge in [0.05, 0.1) is 16.3 Å². The number of thiophene rings is 1. The van der Waals surface area contributed by atoms with Crippen LogP contribution in [-0.2, 0) is 9.59 Å². The topological polar surface area (TPSA) is 120 Å². The summed E-state index contributed by atoms with van der Waals surface area (Å²) in [6, 6.07) is 1.79. The zero-order valence-electron chi connectivity index (χ0n) is 11.0. The van der Waals surface area contributed by atoms with Crippen LogP contribution in [0, 0.1) is 0 Å². The average Bonchev–Trinajstić information content (AvgIpc) is 2.87. The highest BCUT2D eigenvalue weighted by Crippen LogP contribution is 2.14. The van der Waals surface area contributed by atoms with E-state index >= 15 is 0 Å². The van der Waals surface area contributed by atoms with Gasteiger partial charge in [-0.05, 0) is 11.4 Å². The predicted molar refractivity (Wildman–Crippen MR) is 67.6 cm³/mol. The number of hydrogen-bond acceptors (Lipinski definition) is 5. The number of carboxylic acids is 2. The fraction of sp³-hybridized carbons (Fsp3) is 0.200. The standard InChI is InChI=1S/C6H4N2OS.2C2HF3O2/c9-6-4-1-2-10-5(4)3-7-8-6;2*3-2(4,5)1(6)7/h1-3H,(H,8,9);2*(H,6,7).